The van der Waals surface area contributed by atoms with Crippen LogP contribution >= 0.6 is 0 Å². The topological polar surface area (TPSA) is 35.6 Å². The van der Waals surface area contributed by atoms with E-state index in [-0.39, 0.29) is 0 Å². The molecule has 0 bridgehead atoms. The highest BCUT2D eigenvalue weighted by atomic mass is 15.0. The highest BCUT2D eigenvalue weighted by Gasteiger charge is 2.03. The van der Waals surface area contributed by atoms with Crippen molar-refractivity contribution in [3.63, 3.8) is 0 Å². The van der Waals surface area contributed by atoms with Gasteiger partial charge in [0.05, 0.1) is 12.0 Å². The van der Waals surface area contributed by atoms with Crippen molar-refractivity contribution in [2.45, 2.75) is 33.1 Å². The van der Waals surface area contributed by atoms with E-state index in [2.05, 4.69) is 43.2 Å². The van der Waals surface area contributed by atoms with Crippen LogP contribution in [-0.4, -0.2) is 19.1 Å². The van der Waals surface area contributed by atoms with Crippen LogP contribution in [-0.2, 0) is 14.1 Å². The van der Waals surface area contributed by atoms with Gasteiger partial charge in [-0.2, -0.15) is 0 Å². The maximum absolute atomic E-state index is 4.25. The Bertz CT molecular complexity index is 440. The molecule has 2 heterocycles. The largest absolute Gasteiger partial charge is 0.340 e. The molecule has 1 unspecified atom stereocenters. The minimum Gasteiger partial charge on any atom is -0.340 e. The normalized spacial score (nSPS) is 10.8. The average Bonchev–Trinajstić information content (AvgIpc) is 3.02. The van der Waals surface area contributed by atoms with Crippen LogP contribution in [0.15, 0.2) is 38.1 Å². The number of hydrogen-bond acceptors (Lipinski definition) is 2. The van der Waals surface area contributed by atoms with Crippen LogP contribution in [0.3, 0.4) is 0 Å². The van der Waals surface area contributed by atoms with Crippen molar-refractivity contribution < 1.29 is 0 Å². The fourth-order valence-corrected chi connectivity index (χ4v) is 1.34. The van der Waals surface area contributed by atoms with Crippen molar-refractivity contribution in [3.8, 4) is 0 Å². The Hall–Kier alpha value is -1.84. The Balaban J connectivity index is 0.000000316. The van der Waals surface area contributed by atoms with Crippen molar-refractivity contribution in [1.29, 1.82) is 0 Å². The quantitative estimate of drug-likeness (QED) is 0.777. The predicted molar refractivity (Wildman–Crippen MR) is 81.1 cm³/mol. The summed E-state index contributed by atoms with van der Waals surface area (Å²) in [6.45, 7) is 12.3. The molecule has 1 atom stereocenters. The summed E-state index contributed by atoms with van der Waals surface area (Å²) >= 11 is 0. The van der Waals surface area contributed by atoms with Crippen LogP contribution in [0.5, 0.6) is 0 Å². The molecule has 4 heteroatoms. The van der Waals surface area contributed by atoms with Gasteiger partial charge < -0.3 is 9.13 Å². The zero-order chi connectivity index (χ0) is 14.8. The number of nitrogens with zero attached hydrogens (tertiary/aromatic N) is 4. The van der Waals surface area contributed by atoms with Gasteiger partial charge >= 0.3 is 0 Å². The lowest BCUT2D eigenvalue weighted by Gasteiger charge is -2.01. The van der Waals surface area contributed by atoms with Crippen molar-refractivity contribution in [2.24, 2.45) is 14.1 Å². The van der Waals surface area contributed by atoms with Gasteiger partial charge in [0.15, 0.2) is 0 Å². The summed E-state index contributed by atoms with van der Waals surface area (Å²) in [6, 6.07) is 0. The summed E-state index contributed by atoms with van der Waals surface area (Å²) in [6.07, 6.45) is 8.80. The zero-order valence-corrected chi connectivity index (χ0v) is 12.8. The minimum atomic E-state index is 0.598. The standard InChI is InChI=1S/C8H14N2.C5H8N2.C2H4/c1-4-7(2)8-5-10(3)6-9-8;1-5-6-3-4-7(5)2;1-2/h5-7H,4H2,1-3H3;3-4H,1-2H3;1-2H2. The lowest BCUT2D eigenvalue weighted by Crippen LogP contribution is -1.90. The van der Waals surface area contributed by atoms with Crippen molar-refractivity contribution in [3.05, 3.63) is 49.6 Å². The smallest absolute Gasteiger partial charge is 0.105 e. The van der Waals surface area contributed by atoms with E-state index in [1.807, 2.05) is 42.7 Å². The molecular weight excluding hydrogens is 236 g/mol. The van der Waals surface area contributed by atoms with E-state index in [0.717, 1.165) is 12.2 Å². The van der Waals surface area contributed by atoms with Gasteiger partial charge in [0.1, 0.15) is 5.82 Å². The predicted octanol–water partition coefficient (Wildman–Crippen LogP) is 3.46. The molecule has 0 saturated carbocycles. The first kappa shape index (κ1) is 17.2. The monoisotopic (exact) mass is 262 g/mol. The van der Waals surface area contributed by atoms with E-state index in [9.17, 15) is 0 Å². The summed E-state index contributed by atoms with van der Waals surface area (Å²) in [5.74, 6) is 1.65. The zero-order valence-electron chi connectivity index (χ0n) is 12.8. The number of aromatic nitrogens is 4. The molecule has 0 aromatic carbocycles. The second kappa shape index (κ2) is 9.14. The molecule has 106 valence electrons. The molecule has 0 aliphatic rings. The van der Waals surface area contributed by atoms with Crippen LogP contribution in [0, 0.1) is 6.92 Å². The van der Waals surface area contributed by atoms with Crippen LogP contribution in [0.1, 0.15) is 37.7 Å². The van der Waals surface area contributed by atoms with E-state index in [1.165, 1.54) is 5.69 Å². The van der Waals surface area contributed by atoms with Gasteiger partial charge in [-0.25, -0.2) is 9.97 Å². The first-order chi connectivity index (χ1) is 9.04. The van der Waals surface area contributed by atoms with Crippen molar-refractivity contribution in [1.82, 2.24) is 19.1 Å². The number of rotatable bonds is 2. The minimum absolute atomic E-state index is 0.598. The third-order valence-electron chi connectivity index (χ3n) is 2.90. The second-order valence-electron chi connectivity index (χ2n) is 4.36. The van der Waals surface area contributed by atoms with Crippen LogP contribution in [0.25, 0.3) is 0 Å². The van der Waals surface area contributed by atoms with E-state index in [1.54, 1.807) is 6.20 Å². The van der Waals surface area contributed by atoms with Crippen molar-refractivity contribution in [2.75, 3.05) is 0 Å². The molecule has 0 fully saturated rings. The third-order valence-corrected chi connectivity index (χ3v) is 2.90. The fourth-order valence-electron chi connectivity index (χ4n) is 1.34. The van der Waals surface area contributed by atoms with Gasteiger partial charge in [-0.1, -0.05) is 13.8 Å². The van der Waals surface area contributed by atoms with Gasteiger partial charge in [0, 0.05) is 32.7 Å². The first-order valence-corrected chi connectivity index (χ1v) is 6.46. The molecular formula is C15H26N4. The van der Waals surface area contributed by atoms with Crippen molar-refractivity contribution >= 4 is 0 Å². The van der Waals surface area contributed by atoms with Gasteiger partial charge in [-0.3, -0.25) is 0 Å². The lowest BCUT2D eigenvalue weighted by molar-refractivity contribution is 0.712. The van der Waals surface area contributed by atoms with E-state index in [4.69, 9.17) is 0 Å². The maximum atomic E-state index is 4.25. The summed E-state index contributed by atoms with van der Waals surface area (Å²) in [5.41, 5.74) is 1.20. The number of aryl methyl sites for hydroxylation is 3. The molecule has 0 N–H and O–H groups in total. The molecule has 0 amide bonds. The molecule has 2 aromatic heterocycles. The Morgan fingerprint density at radius 2 is 1.89 bits per heavy atom. The van der Waals surface area contributed by atoms with E-state index in [0.29, 0.717) is 5.92 Å². The summed E-state index contributed by atoms with van der Waals surface area (Å²) in [7, 11) is 3.97. The van der Waals surface area contributed by atoms with Crippen LogP contribution < -0.4 is 0 Å². The molecule has 4 nitrogen and oxygen atoms in total. The SMILES string of the molecule is C=C.CCC(C)c1cn(C)cn1.Cc1nccn1C. The number of imidazole rings is 2. The molecule has 2 aromatic rings. The van der Waals surface area contributed by atoms with Gasteiger partial charge in [-0.15, -0.1) is 13.2 Å². The first-order valence-electron chi connectivity index (χ1n) is 6.46. The maximum Gasteiger partial charge on any atom is 0.105 e. The average molecular weight is 262 g/mol. The van der Waals surface area contributed by atoms with Crippen LogP contribution in [0.2, 0.25) is 0 Å². The fraction of sp³-hybridized carbons (Fsp3) is 0.467. The Morgan fingerprint density at radius 1 is 1.26 bits per heavy atom. The summed E-state index contributed by atoms with van der Waals surface area (Å²) in [4.78, 5) is 8.23. The Kier molecular flexibility index (Phi) is 8.25. The summed E-state index contributed by atoms with van der Waals surface area (Å²) in [5, 5.41) is 0. The second-order valence-corrected chi connectivity index (χ2v) is 4.36. The molecule has 0 aliphatic heterocycles. The van der Waals surface area contributed by atoms with Gasteiger partial charge in [0.25, 0.3) is 0 Å². The Morgan fingerprint density at radius 3 is 2.16 bits per heavy atom. The summed E-state index contributed by atoms with van der Waals surface area (Å²) < 4.78 is 3.96. The molecule has 0 aliphatic carbocycles. The van der Waals surface area contributed by atoms with Crippen LogP contribution in [0.4, 0.5) is 0 Å². The highest BCUT2D eigenvalue weighted by molar-refractivity contribution is 5.02. The highest BCUT2D eigenvalue weighted by Crippen LogP contribution is 2.14. The van der Waals surface area contributed by atoms with Gasteiger partial charge in [0.2, 0.25) is 0 Å². The molecule has 0 spiro atoms. The van der Waals surface area contributed by atoms with E-state index < -0.39 is 0 Å². The van der Waals surface area contributed by atoms with E-state index >= 15 is 0 Å². The number of hydrogen-bond donors (Lipinski definition) is 0. The van der Waals surface area contributed by atoms with Gasteiger partial charge in [-0.05, 0) is 19.3 Å². The molecule has 0 saturated heterocycles. The Labute approximate surface area is 116 Å². The molecule has 0 radical (unpaired) electrons. The molecule has 19 heavy (non-hydrogen) atoms. The third kappa shape index (κ3) is 6.04. The lowest BCUT2D eigenvalue weighted by atomic mass is 10.1. The molecule has 2 rings (SSSR count).